The van der Waals surface area contributed by atoms with E-state index in [0.717, 1.165) is 5.57 Å². The molecule has 0 saturated carbocycles. The third-order valence-electron chi connectivity index (χ3n) is 0.910. The van der Waals surface area contributed by atoms with Gasteiger partial charge in [-0.25, -0.2) is 9.59 Å². The molecule has 0 aromatic carbocycles. The van der Waals surface area contributed by atoms with E-state index in [1.807, 2.05) is 0 Å². The molecule has 0 rings (SSSR count). The fourth-order valence-electron chi connectivity index (χ4n) is 0.534. The molecule has 66 valence electrons. The van der Waals surface area contributed by atoms with Crippen LogP contribution in [0.5, 0.6) is 0 Å². The van der Waals surface area contributed by atoms with E-state index in [1.165, 1.54) is 18.2 Å². The van der Waals surface area contributed by atoms with Gasteiger partial charge in [-0.2, -0.15) is 0 Å². The highest BCUT2D eigenvalue weighted by atomic mass is 16.6. The van der Waals surface area contributed by atoms with E-state index in [2.05, 4.69) is 4.74 Å². The van der Waals surface area contributed by atoms with Crippen molar-refractivity contribution in [3.8, 4) is 0 Å². The van der Waals surface area contributed by atoms with Crippen LogP contribution in [0.25, 0.3) is 0 Å². The molecule has 3 nitrogen and oxygen atoms in total. The van der Waals surface area contributed by atoms with Gasteiger partial charge in [-0.15, -0.1) is 0 Å². The fraction of sp³-hybridized carbons (Fsp3) is 0.333. The summed E-state index contributed by atoms with van der Waals surface area (Å²) in [6.45, 7) is 5.18. The zero-order valence-electron chi connectivity index (χ0n) is 7.46. The Morgan fingerprint density at radius 2 is 1.75 bits per heavy atom. The zero-order chi connectivity index (χ0) is 9.56. The van der Waals surface area contributed by atoms with Crippen LogP contribution in [0.1, 0.15) is 20.8 Å². The SMILES string of the molecule is C/C=C/C(=O)OC(=O)C=C(C)C. The minimum Gasteiger partial charge on any atom is -0.387 e. The molecule has 0 fully saturated rings. The Morgan fingerprint density at radius 3 is 2.17 bits per heavy atom. The van der Waals surface area contributed by atoms with Crippen LogP contribution < -0.4 is 0 Å². The molecule has 0 aliphatic carbocycles. The van der Waals surface area contributed by atoms with Gasteiger partial charge in [-0.3, -0.25) is 0 Å². The van der Waals surface area contributed by atoms with Crippen LogP contribution in [0, 0.1) is 0 Å². The van der Waals surface area contributed by atoms with Gasteiger partial charge in [0.15, 0.2) is 0 Å². The molecule has 0 spiro atoms. The minimum absolute atomic E-state index is 0.627. The standard InChI is InChI=1S/C9H12O3/c1-4-5-8(10)12-9(11)6-7(2)3/h4-6H,1-3H3/b5-4+. The number of allylic oxidation sites excluding steroid dienone is 2. The number of esters is 2. The van der Waals surface area contributed by atoms with Crippen LogP contribution in [0.15, 0.2) is 23.8 Å². The van der Waals surface area contributed by atoms with Gasteiger partial charge in [0.25, 0.3) is 0 Å². The van der Waals surface area contributed by atoms with E-state index in [0.29, 0.717) is 0 Å². The maximum absolute atomic E-state index is 10.8. The smallest absolute Gasteiger partial charge is 0.338 e. The molecule has 0 radical (unpaired) electrons. The molecular weight excluding hydrogens is 156 g/mol. The van der Waals surface area contributed by atoms with Crippen molar-refractivity contribution in [2.45, 2.75) is 20.8 Å². The minimum atomic E-state index is -0.639. The Bertz CT molecular complexity index is 232. The second kappa shape index (κ2) is 5.29. The Labute approximate surface area is 71.7 Å². The molecule has 12 heavy (non-hydrogen) atoms. The summed E-state index contributed by atoms with van der Waals surface area (Å²) in [6.07, 6.45) is 3.97. The van der Waals surface area contributed by atoms with Gasteiger partial charge < -0.3 is 4.74 Å². The summed E-state index contributed by atoms with van der Waals surface area (Å²) in [5.74, 6) is -1.27. The molecule has 0 aromatic rings. The molecule has 0 atom stereocenters. The summed E-state index contributed by atoms with van der Waals surface area (Å²) in [7, 11) is 0. The predicted octanol–water partition coefficient (Wildman–Crippen LogP) is 1.60. The average Bonchev–Trinajstić information content (AvgIpc) is 1.84. The molecule has 0 bridgehead atoms. The highest BCUT2D eigenvalue weighted by Gasteiger charge is 2.02. The van der Waals surface area contributed by atoms with Gasteiger partial charge in [-0.1, -0.05) is 11.6 Å². The topological polar surface area (TPSA) is 43.4 Å². The summed E-state index contributed by atoms with van der Waals surface area (Å²) in [6, 6.07) is 0. The second-order valence-corrected chi connectivity index (χ2v) is 2.46. The van der Waals surface area contributed by atoms with E-state index in [9.17, 15) is 9.59 Å². The molecule has 0 heterocycles. The van der Waals surface area contributed by atoms with Crippen molar-refractivity contribution in [2.24, 2.45) is 0 Å². The number of hydrogen-bond donors (Lipinski definition) is 0. The highest BCUT2D eigenvalue weighted by molar-refractivity contribution is 5.96. The lowest BCUT2D eigenvalue weighted by Gasteiger charge is -1.94. The van der Waals surface area contributed by atoms with Crippen LogP contribution >= 0.6 is 0 Å². The van der Waals surface area contributed by atoms with Gasteiger partial charge in [0.05, 0.1) is 0 Å². The molecule has 3 heteroatoms. The number of carbonyl (C=O) groups is 2. The van der Waals surface area contributed by atoms with Crippen LogP contribution in [-0.4, -0.2) is 11.9 Å². The van der Waals surface area contributed by atoms with E-state index < -0.39 is 11.9 Å². The second-order valence-electron chi connectivity index (χ2n) is 2.46. The van der Waals surface area contributed by atoms with Crippen molar-refractivity contribution in [3.63, 3.8) is 0 Å². The summed E-state index contributed by atoms with van der Waals surface area (Å²) >= 11 is 0. The van der Waals surface area contributed by atoms with Gasteiger partial charge in [-0.05, 0) is 20.8 Å². The number of carbonyl (C=O) groups excluding carboxylic acids is 2. The molecule has 0 N–H and O–H groups in total. The number of ether oxygens (including phenoxy) is 1. The first-order valence-electron chi connectivity index (χ1n) is 3.59. The first kappa shape index (κ1) is 10.6. The molecule has 0 aliphatic heterocycles. The van der Waals surface area contributed by atoms with E-state index in [1.54, 1.807) is 20.8 Å². The third kappa shape index (κ3) is 5.41. The van der Waals surface area contributed by atoms with Crippen molar-refractivity contribution in [3.05, 3.63) is 23.8 Å². The van der Waals surface area contributed by atoms with Gasteiger partial charge in [0.1, 0.15) is 0 Å². The quantitative estimate of drug-likeness (QED) is 0.357. The first-order chi connectivity index (χ1) is 5.56. The van der Waals surface area contributed by atoms with Crippen molar-refractivity contribution < 1.29 is 14.3 Å². The number of hydrogen-bond acceptors (Lipinski definition) is 3. The van der Waals surface area contributed by atoms with Crippen LogP contribution in [0.3, 0.4) is 0 Å². The van der Waals surface area contributed by atoms with Crippen LogP contribution in [0.4, 0.5) is 0 Å². The Balaban J connectivity index is 4.02. The Hall–Kier alpha value is -1.38. The normalized spacial score (nSPS) is 9.58. The maximum Gasteiger partial charge on any atom is 0.338 e. The fourth-order valence-corrected chi connectivity index (χ4v) is 0.534. The lowest BCUT2D eigenvalue weighted by atomic mass is 10.3. The van der Waals surface area contributed by atoms with E-state index in [-0.39, 0.29) is 0 Å². The average molecular weight is 168 g/mol. The Kier molecular flexibility index (Phi) is 4.69. The van der Waals surface area contributed by atoms with Crippen LogP contribution in [-0.2, 0) is 14.3 Å². The van der Waals surface area contributed by atoms with Gasteiger partial charge >= 0.3 is 11.9 Å². The van der Waals surface area contributed by atoms with Gasteiger partial charge in [0.2, 0.25) is 0 Å². The van der Waals surface area contributed by atoms with Gasteiger partial charge in [0, 0.05) is 12.2 Å². The lowest BCUT2D eigenvalue weighted by Crippen LogP contribution is -2.07. The van der Waals surface area contributed by atoms with Crippen LogP contribution in [0.2, 0.25) is 0 Å². The van der Waals surface area contributed by atoms with Crippen molar-refractivity contribution in [1.82, 2.24) is 0 Å². The molecule has 0 aromatic heterocycles. The molecule has 0 unspecified atom stereocenters. The molecular formula is C9H12O3. The summed E-state index contributed by atoms with van der Waals surface area (Å²) in [4.78, 5) is 21.5. The molecule has 0 aliphatic rings. The maximum atomic E-state index is 10.8. The molecule has 0 saturated heterocycles. The lowest BCUT2D eigenvalue weighted by molar-refractivity contribution is -0.152. The monoisotopic (exact) mass is 168 g/mol. The van der Waals surface area contributed by atoms with Crippen molar-refractivity contribution >= 4 is 11.9 Å². The van der Waals surface area contributed by atoms with Crippen molar-refractivity contribution in [2.75, 3.05) is 0 Å². The largest absolute Gasteiger partial charge is 0.387 e. The summed E-state index contributed by atoms with van der Waals surface area (Å²) < 4.78 is 4.36. The van der Waals surface area contributed by atoms with Crippen molar-refractivity contribution in [1.29, 1.82) is 0 Å². The summed E-state index contributed by atoms with van der Waals surface area (Å²) in [5, 5.41) is 0. The van der Waals surface area contributed by atoms with E-state index >= 15 is 0 Å². The zero-order valence-corrected chi connectivity index (χ0v) is 7.46. The Morgan fingerprint density at radius 1 is 1.17 bits per heavy atom. The highest BCUT2D eigenvalue weighted by Crippen LogP contribution is 1.91. The predicted molar refractivity (Wildman–Crippen MR) is 45.3 cm³/mol. The summed E-state index contributed by atoms with van der Waals surface area (Å²) in [5.41, 5.74) is 0.799. The third-order valence-corrected chi connectivity index (χ3v) is 0.910. The molecule has 0 amide bonds. The van der Waals surface area contributed by atoms with E-state index in [4.69, 9.17) is 0 Å². The first-order valence-corrected chi connectivity index (χ1v) is 3.59. The number of rotatable bonds is 2.